The molecule has 3 rings (SSSR count). The number of nitrogens with one attached hydrogen (secondary N) is 1. The molecule has 3 aromatic carbocycles. The summed E-state index contributed by atoms with van der Waals surface area (Å²) >= 11 is 5.99. The van der Waals surface area contributed by atoms with E-state index in [1.807, 2.05) is 33.8 Å². The summed E-state index contributed by atoms with van der Waals surface area (Å²) < 4.78 is 34.1. The number of methoxy groups -OCH3 is 1. The van der Waals surface area contributed by atoms with Gasteiger partial charge in [0.1, 0.15) is 18.3 Å². The van der Waals surface area contributed by atoms with Gasteiger partial charge in [0.15, 0.2) is 0 Å². The molecule has 40 heavy (non-hydrogen) atoms. The summed E-state index contributed by atoms with van der Waals surface area (Å²) in [5, 5.41) is 3.30. The first-order chi connectivity index (χ1) is 18.7. The van der Waals surface area contributed by atoms with Gasteiger partial charge in [-0.1, -0.05) is 41.4 Å². The minimum Gasteiger partial charge on any atom is -0.497 e. The highest BCUT2D eigenvalue weighted by atomic mass is 35.5. The van der Waals surface area contributed by atoms with Crippen molar-refractivity contribution >= 4 is 39.1 Å². The van der Waals surface area contributed by atoms with Crippen LogP contribution in [0.2, 0.25) is 5.02 Å². The van der Waals surface area contributed by atoms with E-state index >= 15 is 0 Å². The molecule has 0 spiro atoms. The SMILES string of the molecule is COc1cccc(CN(C(=O)CN(c2ccc(C)cc2)S(=O)(=O)c2ccc(Cl)cc2)C(C)C(=O)NC(C)(C)C)c1. The Hall–Kier alpha value is -3.56. The maximum Gasteiger partial charge on any atom is 0.264 e. The van der Waals surface area contributed by atoms with Crippen molar-refractivity contribution < 1.29 is 22.7 Å². The average Bonchev–Trinajstić information content (AvgIpc) is 2.89. The van der Waals surface area contributed by atoms with Gasteiger partial charge in [-0.25, -0.2) is 8.42 Å². The van der Waals surface area contributed by atoms with E-state index in [-0.39, 0.29) is 17.3 Å². The fraction of sp³-hybridized carbons (Fsp3) is 0.333. The highest BCUT2D eigenvalue weighted by molar-refractivity contribution is 7.92. The number of anilines is 1. The van der Waals surface area contributed by atoms with E-state index in [0.717, 1.165) is 15.4 Å². The van der Waals surface area contributed by atoms with Crippen LogP contribution in [0, 0.1) is 6.92 Å². The van der Waals surface area contributed by atoms with E-state index in [1.165, 1.54) is 29.2 Å². The molecule has 8 nitrogen and oxygen atoms in total. The Bertz CT molecular complexity index is 1440. The van der Waals surface area contributed by atoms with Crippen molar-refractivity contribution in [2.45, 2.75) is 57.6 Å². The largest absolute Gasteiger partial charge is 0.497 e. The summed E-state index contributed by atoms with van der Waals surface area (Å²) in [6, 6.07) is 18.9. The number of nitrogens with zero attached hydrogens (tertiary/aromatic N) is 2. The standard InChI is InChI=1S/C30H36ClN3O5S/c1-21-10-14-25(15-11-21)34(40(37,38)27-16-12-24(31)13-17-27)20-28(35)33(22(2)29(36)32-30(3,4)5)19-23-8-7-9-26(18-23)39-6/h7-18,22H,19-20H2,1-6H3,(H,32,36). The molecule has 214 valence electrons. The van der Waals surface area contributed by atoms with Crippen molar-refractivity contribution in [1.82, 2.24) is 10.2 Å². The van der Waals surface area contributed by atoms with Gasteiger partial charge < -0.3 is 15.0 Å². The highest BCUT2D eigenvalue weighted by Crippen LogP contribution is 2.26. The fourth-order valence-corrected chi connectivity index (χ4v) is 5.54. The first-order valence-electron chi connectivity index (χ1n) is 12.8. The van der Waals surface area contributed by atoms with Crippen LogP contribution in [-0.2, 0) is 26.2 Å². The number of benzene rings is 3. The lowest BCUT2D eigenvalue weighted by Gasteiger charge is -2.33. The smallest absolute Gasteiger partial charge is 0.264 e. The molecule has 0 aromatic heterocycles. The van der Waals surface area contributed by atoms with Crippen LogP contribution in [-0.4, -0.2) is 50.4 Å². The molecule has 1 unspecified atom stereocenters. The van der Waals surface area contributed by atoms with E-state index in [4.69, 9.17) is 16.3 Å². The van der Waals surface area contributed by atoms with Gasteiger partial charge >= 0.3 is 0 Å². The summed E-state index contributed by atoms with van der Waals surface area (Å²) in [7, 11) is -2.62. The average molecular weight is 586 g/mol. The van der Waals surface area contributed by atoms with Crippen molar-refractivity contribution in [1.29, 1.82) is 0 Å². The maximum absolute atomic E-state index is 14.0. The molecule has 0 bridgehead atoms. The second kappa shape index (κ2) is 12.7. The van der Waals surface area contributed by atoms with Crippen LogP contribution in [0.3, 0.4) is 0 Å². The number of hydrogen-bond donors (Lipinski definition) is 1. The summed E-state index contributed by atoms with van der Waals surface area (Å²) in [5.74, 6) is -0.299. The number of hydrogen-bond acceptors (Lipinski definition) is 5. The van der Waals surface area contributed by atoms with Crippen LogP contribution in [0.15, 0.2) is 77.7 Å². The Kier molecular flexibility index (Phi) is 9.87. The predicted molar refractivity (Wildman–Crippen MR) is 158 cm³/mol. The monoisotopic (exact) mass is 585 g/mol. The molecule has 3 aromatic rings. The second-order valence-corrected chi connectivity index (χ2v) is 12.9. The minimum absolute atomic E-state index is 0.0110. The Morgan fingerprint density at radius 2 is 1.62 bits per heavy atom. The third-order valence-corrected chi connectivity index (χ3v) is 8.20. The topological polar surface area (TPSA) is 96.0 Å². The molecule has 0 aliphatic heterocycles. The highest BCUT2D eigenvalue weighted by Gasteiger charge is 2.33. The van der Waals surface area contributed by atoms with Gasteiger partial charge in [-0.15, -0.1) is 0 Å². The third kappa shape index (κ3) is 7.99. The van der Waals surface area contributed by atoms with Crippen LogP contribution in [0.1, 0.15) is 38.8 Å². The number of carbonyl (C=O) groups is 2. The molecular formula is C30H36ClN3O5S. The van der Waals surface area contributed by atoms with Crippen LogP contribution in [0.4, 0.5) is 5.69 Å². The first-order valence-corrected chi connectivity index (χ1v) is 14.6. The van der Waals surface area contributed by atoms with Crippen molar-refractivity contribution in [2.75, 3.05) is 18.0 Å². The quantitative estimate of drug-likeness (QED) is 0.353. The summed E-state index contributed by atoms with van der Waals surface area (Å²) in [4.78, 5) is 28.5. The minimum atomic E-state index is -4.16. The van der Waals surface area contributed by atoms with Gasteiger partial charge in [-0.3, -0.25) is 13.9 Å². The van der Waals surface area contributed by atoms with Gasteiger partial charge in [0.2, 0.25) is 11.8 Å². The van der Waals surface area contributed by atoms with Crippen molar-refractivity contribution in [3.8, 4) is 5.75 Å². The number of rotatable bonds is 10. The normalized spacial score (nSPS) is 12.4. The number of aryl methyl sites for hydroxylation is 1. The number of carbonyl (C=O) groups excluding carboxylic acids is 2. The second-order valence-electron chi connectivity index (χ2n) is 10.6. The molecule has 0 saturated carbocycles. The first kappa shape index (κ1) is 31.0. The molecule has 0 saturated heterocycles. The Morgan fingerprint density at radius 3 is 2.20 bits per heavy atom. The molecule has 0 aliphatic carbocycles. The molecule has 0 heterocycles. The van der Waals surface area contributed by atoms with Gasteiger partial charge in [-0.2, -0.15) is 0 Å². The Labute approximate surface area is 241 Å². The molecule has 1 N–H and O–H groups in total. The number of halogens is 1. The van der Waals surface area contributed by atoms with Gasteiger partial charge in [0.05, 0.1) is 17.7 Å². The Balaban J connectivity index is 2.04. The van der Waals surface area contributed by atoms with Crippen LogP contribution in [0.25, 0.3) is 0 Å². The molecule has 10 heteroatoms. The third-order valence-electron chi connectivity index (χ3n) is 6.16. The van der Waals surface area contributed by atoms with E-state index < -0.39 is 34.1 Å². The zero-order chi connectivity index (χ0) is 29.7. The predicted octanol–water partition coefficient (Wildman–Crippen LogP) is 5.18. The van der Waals surface area contributed by atoms with Crippen molar-refractivity contribution in [3.63, 3.8) is 0 Å². The molecular weight excluding hydrogens is 550 g/mol. The Morgan fingerprint density at radius 1 is 1.00 bits per heavy atom. The molecule has 0 radical (unpaired) electrons. The summed E-state index contributed by atoms with van der Waals surface area (Å²) in [5.41, 5.74) is 1.46. The molecule has 0 fully saturated rings. The van der Waals surface area contributed by atoms with E-state index in [2.05, 4.69) is 5.32 Å². The number of ether oxygens (including phenoxy) is 1. The lowest BCUT2D eigenvalue weighted by atomic mass is 10.1. The van der Waals surface area contributed by atoms with E-state index in [9.17, 15) is 18.0 Å². The zero-order valence-corrected chi connectivity index (χ0v) is 25.2. The number of sulfonamides is 1. The van der Waals surface area contributed by atoms with E-state index in [1.54, 1.807) is 56.5 Å². The molecule has 2 amide bonds. The zero-order valence-electron chi connectivity index (χ0n) is 23.6. The maximum atomic E-state index is 14.0. The fourth-order valence-electron chi connectivity index (χ4n) is 4.00. The summed E-state index contributed by atoms with van der Waals surface area (Å²) in [6.45, 7) is 8.61. The molecule has 1 atom stereocenters. The van der Waals surface area contributed by atoms with Gasteiger partial charge in [0.25, 0.3) is 10.0 Å². The summed E-state index contributed by atoms with van der Waals surface area (Å²) in [6.07, 6.45) is 0. The van der Waals surface area contributed by atoms with Crippen molar-refractivity contribution in [2.24, 2.45) is 0 Å². The number of amides is 2. The van der Waals surface area contributed by atoms with Gasteiger partial charge in [0, 0.05) is 17.1 Å². The molecule has 0 aliphatic rings. The van der Waals surface area contributed by atoms with Crippen LogP contribution < -0.4 is 14.4 Å². The van der Waals surface area contributed by atoms with Crippen LogP contribution in [0.5, 0.6) is 5.75 Å². The van der Waals surface area contributed by atoms with Gasteiger partial charge in [-0.05, 0) is 88.7 Å². The lowest BCUT2D eigenvalue weighted by molar-refractivity contribution is -0.140. The lowest BCUT2D eigenvalue weighted by Crippen LogP contribution is -2.54. The van der Waals surface area contributed by atoms with Crippen LogP contribution >= 0.6 is 11.6 Å². The van der Waals surface area contributed by atoms with Crippen molar-refractivity contribution in [3.05, 3.63) is 88.9 Å². The van der Waals surface area contributed by atoms with E-state index in [0.29, 0.717) is 16.5 Å².